The number of allylic oxidation sites excluding steroid dienone is 1. The number of nitrogens with zero attached hydrogens (tertiary/aromatic N) is 3. The van der Waals surface area contributed by atoms with Gasteiger partial charge in [-0.25, -0.2) is 4.79 Å². The zero-order valence-corrected chi connectivity index (χ0v) is 11.4. The van der Waals surface area contributed by atoms with Crippen LogP contribution in [0.2, 0.25) is 0 Å². The smallest absolute Gasteiger partial charge is 0.324 e. The Kier molecular flexibility index (Phi) is 3.35. The van der Waals surface area contributed by atoms with E-state index >= 15 is 0 Å². The summed E-state index contributed by atoms with van der Waals surface area (Å²) in [5.41, 5.74) is 0.856. The maximum Gasteiger partial charge on any atom is 0.324 e. The van der Waals surface area contributed by atoms with Crippen LogP contribution in [0.25, 0.3) is 0 Å². The predicted molar refractivity (Wildman–Crippen MR) is 71.5 cm³/mol. The van der Waals surface area contributed by atoms with E-state index < -0.39 is 11.0 Å². The van der Waals surface area contributed by atoms with E-state index in [4.69, 9.17) is 0 Å². The molecule has 0 bridgehead atoms. The third-order valence-electron chi connectivity index (χ3n) is 3.51. The van der Waals surface area contributed by atoms with Crippen molar-refractivity contribution in [2.75, 3.05) is 14.1 Å². The van der Waals surface area contributed by atoms with Crippen molar-refractivity contribution in [2.24, 2.45) is 0 Å². The average molecular weight is 277 g/mol. The van der Waals surface area contributed by atoms with Crippen molar-refractivity contribution in [2.45, 2.75) is 13.0 Å². The molecule has 0 radical (unpaired) electrons. The summed E-state index contributed by atoms with van der Waals surface area (Å²) in [5.74, 6) is 0.0685. The SMILES string of the molecule is CC1=C([N+](=O)[O-])[C@H](c2ccc(O)cc2)N(C)C(=O)N1C. The molecule has 2 rings (SSSR count). The second kappa shape index (κ2) is 4.84. The Labute approximate surface area is 115 Å². The van der Waals surface area contributed by atoms with Gasteiger partial charge in [0.25, 0.3) is 5.70 Å². The van der Waals surface area contributed by atoms with Crippen molar-refractivity contribution < 1.29 is 14.8 Å². The molecular formula is C13H15N3O4. The molecule has 0 aromatic heterocycles. The Bertz CT molecular complexity index is 594. The van der Waals surface area contributed by atoms with E-state index in [2.05, 4.69) is 0 Å². The first-order chi connectivity index (χ1) is 9.34. The lowest BCUT2D eigenvalue weighted by atomic mass is 9.99. The van der Waals surface area contributed by atoms with Gasteiger partial charge in [0.15, 0.2) is 6.04 Å². The second-order valence-corrected chi connectivity index (χ2v) is 4.67. The van der Waals surface area contributed by atoms with Gasteiger partial charge in [-0.15, -0.1) is 0 Å². The summed E-state index contributed by atoms with van der Waals surface area (Å²) in [6, 6.07) is 4.95. The van der Waals surface area contributed by atoms with Crippen molar-refractivity contribution in [1.82, 2.24) is 9.80 Å². The lowest BCUT2D eigenvalue weighted by molar-refractivity contribution is -0.436. The van der Waals surface area contributed by atoms with Gasteiger partial charge in [-0.3, -0.25) is 15.0 Å². The van der Waals surface area contributed by atoms with Crippen LogP contribution in [0.15, 0.2) is 35.7 Å². The van der Waals surface area contributed by atoms with E-state index in [-0.39, 0.29) is 17.5 Å². The first-order valence-corrected chi connectivity index (χ1v) is 5.99. The van der Waals surface area contributed by atoms with Crippen molar-refractivity contribution >= 4 is 6.03 Å². The normalized spacial score (nSPS) is 19.6. The predicted octanol–water partition coefficient (Wildman–Crippen LogP) is 1.94. The first-order valence-electron chi connectivity index (χ1n) is 5.99. The van der Waals surface area contributed by atoms with Crippen LogP contribution in [0.4, 0.5) is 4.79 Å². The Morgan fingerprint density at radius 2 is 1.80 bits per heavy atom. The fourth-order valence-electron chi connectivity index (χ4n) is 2.31. The number of rotatable bonds is 2. The van der Waals surface area contributed by atoms with Crippen molar-refractivity contribution in [3.63, 3.8) is 0 Å². The van der Waals surface area contributed by atoms with Crippen molar-refractivity contribution in [3.05, 3.63) is 51.3 Å². The molecule has 1 aromatic rings. The van der Waals surface area contributed by atoms with Gasteiger partial charge in [-0.05, 0) is 24.6 Å². The second-order valence-electron chi connectivity index (χ2n) is 4.67. The number of phenolic OH excluding ortho intramolecular Hbond substituents is 1. The number of nitro groups is 1. The van der Waals surface area contributed by atoms with Gasteiger partial charge in [-0.1, -0.05) is 12.1 Å². The Morgan fingerprint density at radius 1 is 1.25 bits per heavy atom. The molecular weight excluding hydrogens is 262 g/mol. The highest BCUT2D eigenvalue weighted by Crippen LogP contribution is 2.35. The fraction of sp³-hybridized carbons (Fsp3) is 0.308. The fourth-order valence-corrected chi connectivity index (χ4v) is 2.31. The van der Waals surface area contributed by atoms with Gasteiger partial charge in [0, 0.05) is 14.1 Å². The molecule has 1 heterocycles. The largest absolute Gasteiger partial charge is 0.508 e. The highest BCUT2D eigenvalue weighted by atomic mass is 16.6. The number of phenols is 1. The third-order valence-corrected chi connectivity index (χ3v) is 3.51. The van der Waals surface area contributed by atoms with Crippen LogP contribution < -0.4 is 0 Å². The van der Waals surface area contributed by atoms with Gasteiger partial charge in [0.2, 0.25) is 0 Å². The molecule has 0 saturated carbocycles. The molecule has 1 aliphatic rings. The lowest BCUT2D eigenvalue weighted by Crippen LogP contribution is -2.47. The first kappa shape index (κ1) is 13.9. The summed E-state index contributed by atoms with van der Waals surface area (Å²) >= 11 is 0. The number of hydrogen-bond acceptors (Lipinski definition) is 4. The topological polar surface area (TPSA) is 86.9 Å². The zero-order valence-electron chi connectivity index (χ0n) is 11.4. The van der Waals surface area contributed by atoms with Crippen LogP contribution in [-0.2, 0) is 0 Å². The molecule has 20 heavy (non-hydrogen) atoms. The van der Waals surface area contributed by atoms with Crippen LogP contribution in [0, 0.1) is 10.1 Å². The monoisotopic (exact) mass is 277 g/mol. The van der Waals surface area contributed by atoms with Crippen molar-refractivity contribution in [1.29, 1.82) is 0 Å². The standard InChI is InChI=1S/C13H15N3O4/c1-8-11(16(19)20)12(15(3)13(18)14(8)2)9-4-6-10(17)7-5-9/h4-7,12,17H,1-3H3/t12-/m0/s1. The van der Waals surface area contributed by atoms with Gasteiger partial charge in [-0.2, -0.15) is 0 Å². The van der Waals surface area contributed by atoms with Gasteiger partial charge >= 0.3 is 6.03 Å². The number of carbonyl (C=O) groups excluding carboxylic acids is 1. The van der Waals surface area contributed by atoms with Crippen LogP contribution in [-0.4, -0.2) is 40.0 Å². The Morgan fingerprint density at radius 3 is 2.30 bits per heavy atom. The van der Waals surface area contributed by atoms with Gasteiger partial charge in [0.1, 0.15) is 5.75 Å². The number of likely N-dealkylation sites (N-methyl/N-ethyl adjacent to an activating group) is 1. The molecule has 0 fully saturated rings. The molecule has 0 spiro atoms. The number of amides is 2. The minimum absolute atomic E-state index is 0.0414. The Balaban J connectivity index is 2.60. The highest BCUT2D eigenvalue weighted by molar-refractivity contribution is 5.78. The minimum atomic E-state index is -0.769. The summed E-state index contributed by atoms with van der Waals surface area (Å²) in [6.45, 7) is 1.55. The lowest BCUT2D eigenvalue weighted by Gasteiger charge is -2.36. The molecule has 0 saturated heterocycles. The zero-order chi connectivity index (χ0) is 15.0. The average Bonchev–Trinajstić information content (AvgIpc) is 2.41. The van der Waals surface area contributed by atoms with E-state index in [9.17, 15) is 20.0 Å². The highest BCUT2D eigenvalue weighted by Gasteiger charge is 2.42. The van der Waals surface area contributed by atoms with Crippen LogP contribution in [0.5, 0.6) is 5.75 Å². The van der Waals surface area contributed by atoms with Crippen LogP contribution in [0.1, 0.15) is 18.5 Å². The summed E-state index contributed by atoms with van der Waals surface area (Å²) in [6.07, 6.45) is 0. The van der Waals surface area contributed by atoms with E-state index in [1.165, 1.54) is 36.0 Å². The molecule has 1 aromatic carbocycles. The molecule has 1 atom stereocenters. The molecule has 7 nitrogen and oxygen atoms in total. The summed E-state index contributed by atoms with van der Waals surface area (Å²) < 4.78 is 0. The minimum Gasteiger partial charge on any atom is -0.508 e. The molecule has 1 aliphatic heterocycles. The van der Waals surface area contributed by atoms with Gasteiger partial charge < -0.3 is 10.0 Å². The van der Waals surface area contributed by atoms with E-state index in [0.29, 0.717) is 11.3 Å². The summed E-state index contributed by atoms with van der Waals surface area (Å²) in [7, 11) is 3.02. The molecule has 106 valence electrons. The number of aromatic hydroxyl groups is 1. The number of benzene rings is 1. The maximum atomic E-state index is 12.1. The maximum absolute atomic E-state index is 12.1. The third kappa shape index (κ3) is 2.07. The molecule has 1 N–H and O–H groups in total. The molecule has 7 heteroatoms. The van der Waals surface area contributed by atoms with E-state index in [1.54, 1.807) is 19.1 Å². The summed E-state index contributed by atoms with van der Waals surface area (Å²) in [4.78, 5) is 25.6. The number of urea groups is 1. The summed E-state index contributed by atoms with van der Waals surface area (Å²) in [5, 5.41) is 20.7. The molecule has 0 aliphatic carbocycles. The number of hydrogen-bond donors (Lipinski definition) is 1. The number of carbonyl (C=O) groups is 1. The van der Waals surface area contributed by atoms with Gasteiger partial charge in [0.05, 0.1) is 10.6 Å². The van der Waals surface area contributed by atoms with Crippen LogP contribution >= 0.6 is 0 Å². The Hall–Kier alpha value is -2.57. The van der Waals surface area contributed by atoms with Crippen molar-refractivity contribution in [3.8, 4) is 5.75 Å². The van der Waals surface area contributed by atoms with E-state index in [0.717, 1.165) is 0 Å². The van der Waals surface area contributed by atoms with E-state index in [1.807, 2.05) is 0 Å². The quantitative estimate of drug-likeness (QED) is 0.661. The molecule has 2 amide bonds. The van der Waals surface area contributed by atoms with Crippen LogP contribution in [0.3, 0.4) is 0 Å². The molecule has 0 unspecified atom stereocenters.